The van der Waals surface area contributed by atoms with Gasteiger partial charge in [-0.2, -0.15) is 0 Å². The summed E-state index contributed by atoms with van der Waals surface area (Å²) in [6, 6.07) is 3.46. The third-order valence-corrected chi connectivity index (χ3v) is 6.08. The van der Waals surface area contributed by atoms with Crippen LogP contribution in [0.2, 0.25) is 0 Å². The SMILES string of the molecule is CCCN(C(=O)C(O)C(O)C(=O)NCCc1cccs1)C(C)C1=C=C/C=C(/Cl)C/C=C\1.CCl. The molecule has 1 aromatic heterocycles. The van der Waals surface area contributed by atoms with Gasteiger partial charge in [-0.1, -0.05) is 36.7 Å². The lowest BCUT2D eigenvalue weighted by molar-refractivity contribution is -0.154. The van der Waals surface area contributed by atoms with E-state index in [0.29, 0.717) is 37.4 Å². The second-order valence-electron chi connectivity index (χ2n) is 7.20. The van der Waals surface area contributed by atoms with Gasteiger partial charge in [0.05, 0.1) is 6.04 Å². The molecule has 0 spiro atoms. The quantitative estimate of drug-likeness (QED) is 0.327. The van der Waals surface area contributed by atoms with Crippen LogP contribution in [0, 0.1) is 0 Å². The molecular weight excluding hydrogens is 483 g/mol. The zero-order valence-corrected chi connectivity index (χ0v) is 21.5. The molecule has 0 saturated carbocycles. The van der Waals surface area contributed by atoms with Crippen molar-refractivity contribution in [3.05, 3.63) is 63.0 Å². The van der Waals surface area contributed by atoms with Gasteiger partial charge in [0.2, 0.25) is 0 Å². The molecule has 1 aromatic rings. The average molecular weight is 516 g/mol. The Morgan fingerprint density at radius 2 is 2.03 bits per heavy atom. The summed E-state index contributed by atoms with van der Waals surface area (Å²) in [7, 11) is 0. The highest BCUT2D eigenvalue weighted by Crippen LogP contribution is 2.18. The summed E-state index contributed by atoms with van der Waals surface area (Å²) in [5.74, 6) is -1.47. The van der Waals surface area contributed by atoms with Crippen molar-refractivity contribution in [3.8, 4) is 0 Å². The summed E-state index contributed by atoms with van der Waals surface area (Å²) in [6.45, 7) is 4.40. The number of nitrogens with one attached hydrogen (secondary N) is 1. The number of aliphatic hydroxyl groups is 2. The molecule has 0 fully saturated rings. The number of nitrogens with zero attached hydrogens (tertiary/aromatic N) is 1. The summed E-state index contributed by atoms with van der Waals surface area (Å²) in [5, 5.41) is 25.9. The molecule has 1 aliphatic rings. The van der Waals surface area contributed by atoms with Crippen molar-refractivity contribution in [1.29, 1.82) is 0 Å². The molecule has 6 nitrogen and oxygen atoms in total. The Kier molecular flexibility index (Phi) is 14.0. The number of hydrogen-bond donors (Lipinski definition) is 3. The van der Waals surface area contributed by atoms with E-state index in [4.69, 9.17) is 11.6 Å². The molecule has 2 rings (SSSR count). The van der Waals surface area contributed by atoms with Gasteiger partial charge >= 0.3 is 0 Å². The Hall–Kier alpha value is -1.86. The minimum absolute atomic E-state index is 0.310. The number of rotatable bonds is 10. The molecule has 182 valence electrons. The Balaban J connectivity index is 0.00000265. The van der Waals surface area contributed by atoms with Crippen LogP contribution >= 0.6 is 34.5 Å². The Morgan fingerprint density at radius 3 is 2.67 bits per heavy atom. The van der Waals surface area contributed by atoms with Gasteiger partial charge < -0.3 is 20.4 Å². The van der Waals surface area contributed by atoms with Gasteiger partial charge in [0.25, 0.3) is 11.8 Å². The second kappa shape index (κ2) is 15.9. The van der Waals surface area contributed by atoms with Crippen LogP contribution in [0.3, 0.4) is 0 Å². The van der Waals surface area contributed by atoms with E-state index >= 15 is 0 Å². The summed E-state index contributed by atoms with van der Waals surface area (Å²) >= 11 is 12.2. The summed E-state index contributed by atoms with van der Waals surface area (Å²) in [6.07, 6.45) is 6.77. The first-order valence-corrected chi connectivity index (χ1v) is 12.7. The lowest BCUT2D eigenvalue weighted by atomic mass is 10.0. The van der Waals surface area contributed by atoms with Gasteiger partial charge in [-0.05, 0) is 43.4 Å². The Morgan fingerprint density at radius 1 is 1.30 bits per heavy atom. The first kappa shape index (κ1) is 29.2. The van der Waals surface area contributed by atoms with Crippen LogP contribution in [-0.4, -0.2) is 64.6 Å². The number of allylic oxidation sites excluding steroid dienone is 3. The molecule has 0 aromatic carbocycles. The van der Waals surface area contributed by atoms with Gasteiger partial charge in [-0.25, -0.2) is 0 Å². The first-order valence-electron chi connectivity index (χ1n) is 10.7. The molecule has 1 aliphatic carbocycles. The van der Waals surface area contributed by atoms with Crippen molar-refractivity contribution < 1.29 is 19.8 Å². The molecule has 0 aliphatic heterocycles. The van der Waals surface area contributed by atoms with E-state index in [-0.39, 0.29) is 0 Å². The molecule has 9 heteroatoms. The third kappa shape index (κ3) is 9.49. The number of halogens is 2. The largest absolute Gasteiger partial charge is 0.380 e. The maximum absolute atomic E-state index is 13.0. The number of hydrogen-bond acceptors (Lipinski definition) is 5. The van der Waals surface area contributed by atoms with E-state index in [1.54, 1.807) is 23.5 Å². The molecule has 3 N–H and O–H groups in total. The van der Waals surface area contributed by atoms with Crippen molar-refractivity contribution >= 4 is 46.4 Å². The third-order valence-electron chi connectivity index (χ3n) is 4.86. The number of carbonyl (C=O) groups is 2. The standard InChI is InChI=1S/C23H29ClN2O4S.CH3Cl/c1-3-14-26(16(2)17-7-4-9-18(24)10-5-8-17)23(30)21(28)20(27)22(29)25-13-12-19-11-6-15-31-19;1-2/h4-7,10-11,15-16,20-21,27-28H,3,9,12-14H2,1-2H3,(H,25,29);1H3/b7-4-,18-10+;. The van der Waals surface area contributed by atoms with Crippen LogP contribution < -0.4 is 5.32 Å². The van der Waals surface area contributed by atoms with Crippen molar-refractivity contribution in [2.75, 3.05) is 19.5 Å². The summed E-state index contributed by atoms with van der Waals surface area (Å²) < 4.78 is 0. The van der Waals surface area contributed by atoms with Gasteiger partial charge in [0, 0.05) is 41.4 Å². The lowest BCUT2D eigenvalue weighted by Crippen LogP contribution is -2.53. The predicted molar refractivity (Wildman–Crippen MR) is 136 cm³/mol. The van der Waals surface area contributed by atoms with Crippen molar-refractivity contribution in [2.24, 2.45) is 0 Å². The van der Waals surface area contributed by atoms with Crippen molar-refractivity contribution in [2.45, 2.75) is 51.4 Å². The predicted octanol–water partition coefficient (Wildman–Crippen LogP) is 3.77. The number of thiophene rings is 1. The Labute approximate surface area is 209 Å². The lowest BCUT2D eigenvalue weighted by Gasteiger charge is -2.32. The number of alkyl halides is 1. The molecule has 0 radical (unpaired) electrons. The molecule has 3 unspecified atom stereocenters. The fourth-order valence-electron chi connectivity index (χ4n) is 3.12. The van der Waals surface area contributed by atoms with E-state index < -0.39 is 30.1 Å². The van der Waals surface area contributed by atoms with Crippen LogP contribution in [-0.2, 0) is 16.0 Å². The topological polar surface area (TPSA) is 89.9 Å². The van der Waals surface area contributed by atoms with Gasteiger partial charge in [0.1, 0.15) is 0 Å². The molecule has 0 saturated heterocycles. The van der Waals surface area contributed by atoms with E-state index in [1.807, 2.05) is 43.5 Å². The van der Waals surface area contributed by atoms with Crippen LogP contribution in [0.15, 0.2) is 58.2 Å². The summed E-state index contributed by atoms with van der Waals surface area (Å²) in [4.78, 5) is 27.8. The smallest absolute Gasteiger partial charge is 0.255 e. The number of carbonyl (C=O) groups excluding carboxylic acids is 2. The second-order valence-corrected chi connectivity index (χ2v) is 8.72. The molecular formula is C24H32Cl2N2O4S. The monoisotopic (exact) mass is 514 g/mol. The van der Waals surface area contributed by atoms with E-state index in [0.717, 1.165) is 10.5 Å². The summed E-state index contributed by atoms with van der Waals surface area (Å²) in [5.41, 5.74) is 3.85. The van der Waals surface area contributed by atoms with Gasteiger partial charge in [-0.3, -0.25) is 9.59 Å². The maximum Gasteiger partial charge on any atom is 0.255 e. The Bertz CT molecular complexity index is 877. The highest BCUT2D eigenvalue weighted by Gasteiger charge is 2.35. The van der Waals surface area contributed by atoms with Crippen LogP contribution in [0.5, 0.6) is 0 Å². The van der Waals surface area contributed by atoms with Gasteiger partial charge in [0.15, 0.2) is 12.2 Å². The first-order chi connectivity index (χ1) is 15.8. The van der Waals surface area contributed by atoms with Crippen LogP contribution in [0.25, 0.3) is 0 Å². The van der Waals surface area contributed by atoms with Crippen molar-refractivity contribution in [3.63, 3.8) is 0 Å². The van der Waals surface area contributed by atoms with E-state index in [9.17, 15) is 19.8 Å². The maximum atomic E-state index is 13.0. The zero-order chi connectivity index (χ0) is 24.8. The molecule has 33 heavy (non-hydrogen) atoms. The fraction of sp³-hybridized carbons (Fsp3) is 0.458. The molecule has 2 amide bonds. The average Bonchev–Trinajstić information content (AvgIpc) is 3.32. The van der Waals surface area contributed by atoms with Crippen LogP contribution in [0.1, 0.15) is 31.6 Å². The number of aliphatic hydroxyl groups excluding tert-OH is 2. The van der Waals surface area contributed by atoms with Crippen LogP contribution in [0.4, 0.5) is 0 Å². The highest BCUT2D eigenvalue weighted by molar-refractivity contribution is 7.09. The molecule has 1 heterocycles. The highest BCUT2D eigenvalue weighted by atomic mass is 35.5. The van der Waals surface area contributed by atoms with E-state index in [2.05, 4.69) is 22.6 Å². The normalized spacial score (nSPS) is 18.2. The number of amides is 2. The minimum Gasteiger partial charge on any atom is -0.380 e. The minimum atomic E-state index is -1.85. The zero-order valence-electron chi connectivity index (χ0n) is 19.1. The fourth-order valence-corrected chi connectivity index (χ4v) is 3.98. The van der Waals surface area contributed by atoms with Gasteiger partial charge in [-0.15, -0.1) is 28.7 Å². The molecule has 0 bridgehead atoms. The van der Waals surface area contributed by atoms with Crippen molar-refractivity contribution in [1.82, 2.24) is 10.2 Å². The molecule has 3 atom stereocenters. The van der Waals surface area contributed by atoms with E-state index in [1.165, 1.54) is 11.3 Å².